The summed E-state index contributed by atoms with van der Waals surface area (Å²) in [6.07, 6.45) is 2.01. The third kappa shape index (κ3) is 6.83. The number of ether oxygens (including phenoxy) is 1. The Morgan fingerprint density at radius 2 is 2.18 bits per heavy atom. The molecule has 1 atom stereocenters. The van der Waals surface area contributed by atoms with Gasteiger partial charge < -0.3 is 20.3 Å². The van der Waals surface area contributed by atoms with Gasteiger partial charge in [-0.15, -0.1) is 0 Å². The molecule has 1 fully saturated rings. The molecule has 1 aromatic heterocycles. The van der Waals surface area contributed by atoms with E-state index in [9.17, 15) is 9.59 Å². The van der Waals surface area contributed by atoms with Crippen LogP contribution in [0, 0.1) is 12.8 Å². The minimum Gasteiger partial charge on any atom is -0.466 e. The highest BCUT2D eigenvalue weighted by Crippen LogP contribution is 2.18. The van der Waals surface area contributed by atoms with Crippen molar-refractivity contribution in [2.24, 2.45) is 10.9 Å². The zero-order valence-corrected chi connectivity index (χ0v) is 17.0. The average molecular weight is 390 g/mol. The van der Waals surface area contributed by atoms with Gasteiger partial charge in [-0.2, -0.15) is 0 Å². The third-order valence-electron chi connectivity index (χ3n) is 4.43. The van der Waals surface area contributed by atoms with Gasteiger partial charge in [-0.1, -0.05) is 6.07 Å². The lowest BCUT2D eigenvalue weighted by Gasteiger charge is -2.34. The zero-order chi connectivity index (χ0) is 20.4. The number of aromatic nitrogens is 1. The summed E-state index contributed by atoms with van der Waals surface area (Å²) in [6, 6.07) is 5.50. The van der Waals surface area contributed by atoms with Gasteiger partial charge in [0.1, 0.15) is 5.82 Å². The van der Waals surface area contributed by atoms with E-state index in [2.05, 4.69) is 25.5 Å². The van der Waals surface area contributed by atoms with E-state index in [0.29, 0.717) is 25.5 Å². The van der Waals surface area contributed by atoms with E-state index < -0.39 is 0 Å². The van der Waals surface area contributed by atoms with Crippen LogP contribution >= 0.6 is 0 Å². The summed E-state index contributed by atoms with van der Waals surface area (Å²) < 4.78 is 5.16. The summed E-state index contributed by atoms with van der Waals surface area (Å²) in [5, 5.41) is 6.04. The number of anilines is 1. The molecule has 1 aromatic rings. The van der Waals surface area contributed by atoms with Crippen molar-refractivity contribution in [1.82, 2.24) is 15.2 Å². The lowest BCUT2D eigenvalue weighted by molar-refractivity contribution is -0.149. The first-order chi connectivity index (χ1) is 13.5. The van der Waals surface area contributed by atoms with Crippen molar-refractivity contribution in [2.45, 2.75) is 40.0 Å². The van der Waals surface area contributed by atoms with Crippen molar-refractivity contribution < 1.29 is 14.3 Å². The van der Waals surface area contributed by atoms with Gasteiger partial charge in [0.25, 0.3) is 0 Å². The molecule has 1 aliphatic rings. The van der Waals surface area contributed by atoms with Crippen LogP contribution in [0.5, 0.6) is 0 Å². The molecule has 0 aliphatic carbocycles. The Kier molecular flexibility index (Phi) is 8.71. The maximum atomic E-state index is 12.1. The highest BCUT2D eigenvalue weighted by atomic mass is 16.5. The van der Waals surface area contributed by atoms with E-state index in [4.69, 9.17) is 4.74 Å². The van der Waals surface area contributed by atoms with Crippen LogP contribution in [-0.2, 0) is 14.3 Å². The summed E-state index contributed by atoms with van der Waals surface area (Å²) >= 11 is 0. The van der Waals surface area contributed by atoms with Crippen molar-refractivity contribution in [3.05, 3.63) is 23.9 Å². The molecule has 0 aromatic carbocycles. The van der Waals surface area contributed by atoms with E-state index in [0.717, 1.165) is 37.6 Å². The summed E-state index contributed by atoms with van der Waals surface area (Å²) in [7, 11) is 0. The molecule has 1 amide bonds. The number of rotatable bonds is 7. The highest BCUT2D eigenvalue weighted by Gasteiger charge is 2.28. The Bertz CT molecular complexity index is 692. The number of esters is 1. The molecule has 154 valence electrons. The number of carbonyl (C=O) groups is 2. The minimum absolute atomic E-state index is 0.124. The van der Waals surface area contributed by atoms with E-state index in [-0.39, 0.29) is 24.2 Å². The van der Waals surface area contributed by atoms with Crippen molar-refractivity contribution in [2.75, 3.05) is 38.1 Å². The zero-order valence-electron chi connectivity index (χ0n) is 17.0. The van der Waals surface area contributed by atoms with E-state index in [1.54, 1.807) is 6.07 Å². The Hall–Kier alpha value is -2.64. The van der Waals surface area contributed by atoms with Crippen molar-refractivity contribution in [1.29, 1.82) is 0 Å². The second kappa shape index (κ2) is 11.3. The fourth-order valence-corrected chi connectivity index (χ4v) is 3.13. The number of pyridine rings is 1. The molecule has 0 bridgehead atoms. The normalized spacial score (nSPS) is 17.2. The topological polar surface area (TPSA) is 95.9 Å². The van der Waals surface area contributed by atoms with Gasteiger partial charge in [-0.25, -0.2) is 4.98 Å². The first kappa shape index (κ1) is 21.7. The first-order valence-electron chi connectivity index (χ1n) is 9.96. The number of aryl methyl sites for hydroxylation is 1. The highest BCUT2D eigenvalue weighted by molar-refractivity contribution is 5.90. The minimum atomic E-state index is -0.145. The molecule has 2 heterocycles. The third-order valence-corrected chi connectivity index (χ3v) is 4.43. The number of likely N-dealkylation sites (tertiary alicyclic amines) is 1. The van der Waals surface area contributed by atoms with E-state index in [1.165, 1.54) is 0 Å². The van der Waals surface area contributed by atoms with Crippen LogP contribution in [0.4, 0.5) is 5.82 Å². The fraction of sp³-hybridized carbons (Fsp3) is 0.600. The Morgan fingerprint density at radius 1 is 1.36 bits per heavy atom. The Morgan fingerprint density at radius 3 is 2.89 bits per heavy atom. The standard InChI is InChI=1S/C20H31N5O3/c1-4-21-20(25-13-7-9-16(14-25)19(27)28-5-2)22-12-11-18(26)24-17-10-6-8-15(3)23-17/h6,8,10,16H,4-5,7,9,11-14H2,1-3H3,(H,21,22)(H,23,24,26). The van der Waals surface area contributed by atoms with Crippen LogP contribution in [0.25, 0.3) is 0 Å². The number of aliphatic imine (C=N–C) groups is 1. The monoisotopic (exact) mass is 389 g/mol. The number of nitrogens with zero attached hydrogens (tertiary/aromatic N) is 3. The predicted molar refractivity (Wildman–Crippen MR) is 109 cm³/mol. The lowest BCUT2D eigenvalue weighted by Crippen LogP contribution is -2.48. The molecular formula is C20H31N5O3. The maximum absolute atomic E-state index is 12.1. The summed E-state index contributed by atoms with van der Waals surface area (Å²) in [5.74, 6) is 0.884. The summed E-state index contributed by atoms with van der Waals surface area (Å²) in [5.41, 5.74) is 0.853. The number of guanidine groups is 1. The average Bonchev–Trinajstić information content (AvgIpc) is 2.67. The first-order valence-corrected chi connectivity index (χ1v) is 9.96. The molecule has 2 rings (SSSR count). The Balaban J connectivity index is 1.90. The quantitative estimate of drug-likeness (QED) is 0.420. The van der Waals surface area contributed by atoms with Crippen molar-refractivity contribution in [3.63, 3.8) is 0 Å². The second-order valence-corrected chi connectivity index (χ2v) is 6.74. The number of hydrogen-bond acceptors (Lipinski definition) is 5. The molecular weight excluding hydrogens is 358 g/mol. The smallest absolute Gasteiger partial charge is 0.310 e. The molecule has 0 radical (unpaired) electrons. The van der Waals surface area contributed by atoms with Crippen LogP contribution in [0.3, 0.4) is 0 Å². The van der Waals surface area contributed by atoms with Crippen molar-refractivity contribution in [3.8, 4) is 0 Å². The van der Waals surface area contributed by atoms with Gasteiger partial charge in [0.15, 0.2) is 5.96 Å². The van der Waals surface area contributed by atoms with E-state index in [1.807, 2.05) is 32.9 Å². The van der Waals surface area contributed by atoms with Gasteiger partial charge in [-0.3, -0.25) is 14.6 Å². The Labute approximate surface area is 166 Å². The molecule has 1 unspecified atom stereocenters. The SMILES string of the molecule is CCNC(=NCCC(=O)Nc1cccc(C)n1)N1CCCC(C(=O)OCC)C1. The van der Waals surface area contributed by atoms with Crippen LogP contribution in [0.2, 0.25) is 0 Å². The van der Waals surface area contributed by atoms with Crippen LogP contribution in [0.15, 0.2) is 23.2 Å². The molecule has 0 spiro atoms. The van der Waals surface area contributed by atoms with Gasteiger partial charge in [0.05, 0.1) is 19.1 Å². The number of amides is 1. The number of piperidine rings is 1. The lowest BCUT2D eigenvalue weighted by atomic mass is 9.98. The van der Waals surface area contributed by atoms with Gasteiger partial charge in [-0.05, 0) is 45.7 Å². The van der Waals surface area contributed by atoms with Crippen LogP contribution in [-0.4, -0.2) is 60.5 Å². The molecule has 28 heavy (non-hydrogen) atoms. The number of hydrogen-bond donors (Lipinski definition) is 2. The number of carbonyl (C=O) groups excluding carboxylic acids is 2. The number of nitrogens with one attached hydrogen (secondary N) is 2. The van der Waals surface area contributed by atoms with Gasteiger partial charge in [0, 0.05) is 31.7 Å². The fourth-order valence-electron chi connectivity index (χ4n) is 3.13. The van der Waals surface area contributed by atoms with Crippen LogP contribution < -0.4 is 10.6 Å². The van der Waals surface area contributed by atoms with Gasteiger partial charge in [0.2, 0.25) is 5.91 Å². The maximum Gasteiger partial charge on any atom is 0.310 e. The summed E-state index contributed by atoms with van der Waals surface area (Å²) in [4.78, 5) is 35.1. The van der Waals surface area contributed by atoms with Crippen LogP contribution in [0.1, 0.15) is 38.8 Å². The molecule has 1 saturated heterocycles. The van der Waals surface area contributed by atoms with Gasteiger partial charge >= 0.3 is 5.97 Å². The molecule has 8 heteroatoms. The predicted octanol–water partition coefficient (Wildman–Crippen LogP) is 1.96. The molecule has 8 nitrogen and oxygen atoms in total. The molecule has 0 saturated carbocycles. The molecule has 2 N–H and O–H groups in total. The second-order valence-electron chi connectivity index (χ2n) is 6.74. The molecule has 1 aliphatic heterocycles. The summed E-state index contributed by atoms with van der Waals surface area (Å²) in [6.45, 7) is 8.60. The largest absolute Gasteiger partial charge is 0.466 e. The van der Waals surface area contributed by atoms with E-state index >= 15 is 0 Å². The van der Waals surface area contributed by atoms with Crippen molar-refractivity contribution >= 4 is 23.7 Å².